The highest BCUT2D eigenvalue weighted by atomic mass is 35.5. The van der Waals surface area contributed by atoms with E-state index in [-0.39, 0.29) is 5.54 Å². The molecule has 0 spiro atoms. The summed E-state index contributed by atoms with van der Waals surface area (Å²) in [7, 11) is 1.86. The molecular formula is C10H16ClN3. The predicted octanol–water partition coefficient (Wildman–Crippen LogP) is 2.11. The van der Waals surface area contributed by atoms with Gasteiger partial charge in [-0.05, 0) is 19.8 Å². The second-order valence-electron chi connectivity index (χ2n) is 4.24. The van der Waals surface area contributed by atoms with Crippen molar-refractivity contribution in [2.24, 2.45) is 12.8 Å². The third-order valence-corrected chi connectivity index (χ3v) is 3.58. The molecule has 78 valence electrons. The molecule has 1 saturated carbocycles. The van der Waals surface area contributed by atoms with Crippen LogP contribution in [-0.2, 0) is 12.6 Å². The molecule has 2 rings (SSSR count). The van der Waals surface area contributed by atoms with Crippen LogP contribution >= 0.6 is 11.6 Å². The normalized spacial score (nSPS) is 20.3. The molecule has 0 atom stereocenters. The molecule has 1 aliphatic rings. The Bertz CT molecular complexity index is 350. The van der Waals surface area contributed by atoms with Crippen LogP contribution in [0.2, 0.25) is 5.15 Å². The largest absolute Gasteiger partial charge is 0.321 e. The fraction of sp³-hybridized carbons (Fsp3) is 0.700. The third-order valence-electron chi connectivity index (χ3n) is 3.15. The first-order valence-corrected chi connectivity index (χ1v) is 5.41. The van der Waals surface area contributed by atoms with E-state index in [0.29, 0.717) is 5.15 Å². The second-order valence-corrected chi connectivity index (χ2v) is 4.60. The monoisotopic (exact) mass is 213 g/mol. The van der Waals surface area contributed by atoms with E-state index in [2.05, 4.69) is 5.10 Å². The van der Waals surface area contributed by atoms with Gasteiger partial charge in [0.2, 0.25) is 0 Å². The van der Waals surface area contributed by atoms with Crippen LogP contribution in [0, 0.1) is 6.92 Å². The number of hydrogen-bond acceptors (Lipinski definition) is 2. The van der Waals surface area contributed by atoms with E-state index in [9.17, 15) is 0 Å². The molecule has 0 amide bonds. The first kappa shape index (κ1) is 9.99. The molecule has 0 radical (unpaired) electrons. The van der Waals surface area contributed by atoms with Gasteiger partial charge in [-0.2, -0.15) is 5.10 Å². The number of hydrogen-bond donors (Lipinski definition) is 1. The summed E-state index contributed by atoms with van der Waals surface area (Å²) in [5.74, 6) is 0. The maximum Gasteiger partial charge on any atom is 0.132 e. The van der Waals surface area contributed by atoms with Crippen LogP contribution in [-0.4, -0.2) is 9.78 Å². The van der Waals surface area contributed by atoms with Gasteiger partial charge in [0, 0.05) is 18.2 Å². The van der Waals surface area contributed by atoms with Crippen molar-refractivity contribution in [2.75, 3.05) is 0 Å². The van der Waals surface area contributed by atoms with Crippen molar-refractivity contribution in [2.45, 2.75) is 38.1 Å². The maximum absolute atomic E-state index is 6.36. The smallest absolute Gasteiger partial charge is 0.132 e. The van der Waals surface area contributed by atoms with Gasteiger partial charge in [0.15, 0.2) is 0 Å². The third kappa shape index (κ3) is 1.35. The summed E-state index contributed by atoms with van der Waals surface area (Å²) >= 11 is 6.20. The van der Waals surface area contributed by atoms with Gasteiger partial charge in [-0.15, -0.1) is 0 Å². The Kier molecular flexibility index (Phi) is 2.32. The minimum atomic E-state index is -0.227. The van der Waals surface area contributed by atoms with Crippen LogP contribution in [0.4, 0.5) is 0 Å². The molecule has 0 saturated heterocycles. The molecule has 3 nitrogen and oxygen atoms in total. The van der Waals surface area contributed by atoms with E-state index in [4.69, 9.17) is 17.3 Å². The summed E-state index contributed by atoms with van der Waals surface area (Å²) in [6.45, 7) is 1.98. The lowest BCUT2D eigenvalue weighted by molar-refractivity contribution is 0.459. The van der Waals surface area contributed by atoms with Crippen molar-refractivity contribution in [1.29, 1.82) is 0 Å². The van der Waals surface area contributed by atoms with Crippen molar-refractivity contribution >= 4 is 11.6 Å². The SMILES string of the molecule is Cc1nn(C)c(Cl)c1C1(N)CCCC1. The van der Waals surface area contributed by atoms with Crippen LogP contribution in [0.25, 0.3) is 0 Å². The molecular weight excluding hydrogens is 198 g/mol. The van der Waals surface area contributed by atoms with Gasteiger partial charge in [0.1, 0.15) is 5.15 Å². The molecule has 4 heteroatoms. The Hall–Kier alpha value is -0.540. The van der Waals surface area contributed by atoms with Gasteiger partial charge in [-0.25, -0.2) is 0 Å². The van der Waals surface area contributed by atoms with E-state index in [1.165, 1.54) is 12.8 Å². The fourth-order valence-corrected chi connectivity index (χ4v) is 2.81. The Morgan fingerprint density at radius 3 is 2.43 bits per heavy atom. The van der Waals surface area contributed by atoms with Crippen LogP contribution in [0.3, 0.4) is 0 Å². The molecule has 1 heterocycles. The lowest BCUT2D eigenvalue weighted by atomic mass is 9.90. The van der Waals surface area contributed by atoms with Gasteiger partial charge >= 0.3 is 0 Å². The van der Waals surface area contributed by atoms with Crippen molar-refractivity contribution in [3.05, 3.63) is 16.4 Å². The van der Waals surface area contributed by atoms with Gasteiger partial charge < -0.3 is 5.73 Å². The summed E-state index contributed by atoms with van der Waals surface area (Å²) in [6.07, 6.45) is 4.45. The zero-order valence-corrected chi connectivity index (χ0v) is 9.43. The van der Waals surface area contributed by atoms with Crippen molar-refractivity contribution in [3.63, 3.8) is 0 Å². The second kappa shape index (κ2) is 3.24. The van der Waals surface area contributed by atoms with Crippen molar-refractivity contribution in [1.82, 2.24) is 9.78 Å². The van der Waals surface area contributed by atoms with Crippen molar-refractivity contribution < 1.29 is 0 Å². The van der Waals surface area contributed by atoms with E-state index >= 15 is 0 Å². The Balaban J connectivity index is 2.49. The number of aryl methyl sites for hydroxylation is 2. The van der Waals surface area contributed by atoms with Crippen LogP contribution in [0.15, 0.2) is 0 Å². The molecule has 0 aromatic carbocycles. The number of nitrogens with zero attached hydrogens (tertiary/aromatic N) is 2. The maximum atomic E-state index is 6.36. The summed E-state index contributed by atoms with van der Waals surface area (Å²) in [5.41, 5.74) is 8.16. The fourth-order valence-electron chi connectivity index (χ4n) is 2.45. The molecule has 1 fully saturated rings. The number of aromatic nitrogens is 2. The number of halogens is 1. The van der Waals surface area contributed by atoms with Gasteiger partial charge in [0.25, 0.3) is 0 Å². The average molecular weight is 214 g/mol. The highest BCUT2D eigenvalue weighted by molar-refractivity contribution is 6.30. The summed E-state index contributed by atoms with van der Waals surface area (Å²) in [6, 6.07) is 0. The molecule has 0 unspecified atom stereocenters. The van der Waals surface area contributed by atoms with E-state index in [1.807, 2.05) is 14.0 Å². The highest BCUT2D eigenvalue weighted by Crippen LogP contribution is 2.40. The summed E-state index contributed by atoms with van der Waals surface area (Å²) in [5, 5.41) is 5.01. The number of rotatable bonds is 1. The van der Waals surface area contributed by atoms with Crippen LogP contribution < -0.4 is 5.73 Å². The van der Waals surface area contributed by atoms with Gasteiger partial charge in [0.05, 0.1) is 5.69 Å². The lowest BCUT2D eigenvalue weighted by Crippen LogP contribution is -2.33. The molecule has 2 N–H and O–H groups in total. The Morgan fingerprint density at radius 1 is 1.43 bits per heavy atom. The first-order valence-electron chi connectivity index (χ1n) is 5.03. The standard InChI is InChI=1S/C10H16ClN3/c1-7-8(9(11)14(2)13-7)10(12)5-3-4-6-10/h3-6,12H2,1-2H3. The molecule has 0 bridgehead atoms. The summed E-state index contributed by atoms with van der Waals surface area (Å²) in [4.78, 5) is 0. The summed E-state index contributed by atoms with van der Waals surface area (Å²) < 4.78 is 1.71. The van der Waals surface area contributed by atoms with E-state index in [1.54, 1.807) is 4.68 Å². The van der Waals surface area contributed by atoms with Gasteiger partial charge in [-0.1, -0.05) is 24.4 Å². The Labute approximate surface area is 89.2 Å². The van der Waals surface area contributed by atoms with Crippen LogP contribution in [0.5, 0.6) is 0 Å². The minimum Gasteiger partial charge on any atom is -0.321 e. The molecule has 14 heavy (non-hydrogen) atoms. The van der Waals surface area contributed by atoms with Gasteiger partial charge in [-0.3, -0.25) is 4.68 Å². The van der Waals surface area contributed by atoms with E-state index < -0.39 is 0 Å². The minimum absolute atomic E-state index is 0.227. The average Bonchev–Trinajstić information content (AvgIpc) is 2.60. The number of nitrogens with two attached hydrogens (primary N) is 1. The lowest BCUT2D eigenvalue weighted by Gasteiger charge is -2.23. The quantitative estimate of drug-likeness (QED) is 0.777. The Morgan fingerprint density at radius 2 is 2.00 bits per heavy atom. The zero-order valence-electron chi connectivity index (χ0n) is 8.68. The molecule has 1 aliphatic carbocycles. The van der Waals surface area contributed by atoms with Crippen molar-refractivity contribution in [3.8, 4) is 0 Å². The predicted molar refractivity (Wildman–Crippen MR) is 57.3 cm³/mol. The van der Waals surface area contributed by atoms with Crippen LogP contribution in [0.1, 0.15) is 36.9 Å². The zero-order chi connectivity index (χ0) is 10.3. The molecule has 1 aromatic heterocycles. The molecule has 0 aliphatic heterocycles. The topological polar surface area (TPSA) is 43.8 Å². The highest BCUT2D eigenvalue weighted by Gasteiger charge is 2.36. The van der Waals surface area contributed by atoms with E-state index in [0.717, 1.165) is 24.1 Å². The first-order chi connectivity index (χ1) is 6.54. The molecule has 1 aromatic rings.